The zero-order valence-electron chi connectivity index (χ0n) is 5.39. The molecule has 0 aliphatic rings. The zero-order chi connectivity index (χ0) is 7.11. The van der Waals surface area contributed by atoms with Crippen LogP contribution in [0.3, 0.4) is 0 Å². The maximum atomic E-state index is 8.45. The summed E-state index contributed by atoms with van der Waals surface area (Å²) in [5, 5.41) is 8.78. The molecule has 0 bridgehead atoms. The molecule has 0 amide bonds. The molecule has 0 saturated carbocycles. The molecule has 0 fully saturated rings. The van der Waals surface area contributed by atoms with E-state index < -0.39 is 0 Å². The van der Waals surface area contributed by atoms with Crippen molar-refractivity contribution < 1.29 is 5.11 Å². The Morgan fingerprint density at radius 2 is 2.11 bits per heavy atom. The zero-order valence-corrected chi connectivity index (χ0v) is 7.04. The summed E-state index contributed by atoms with van der Waals surface area (Å²) in [7, 11) is 0. The van der Waals surface area contributed by atoms with Crippen LogP contribution in [0.25, 0.3) is 0 Å². The average Bonchev–Trinajstić information content (AvgIpc) is 1.85. The Morgan fingerprint density at radius 3 is 2.56 bits per heavy atom. The summed E-state index contributed by atoms with van der Waals surface area (Å²) in [6.07, 6.45) is 2.78. The van der Waals surface area contributed by atoms with E-state index in [2.05, 4.69) is 12.6 Å². The van der Waals surface area contributed by atoms with Crippen LogP contribution in [0.2, 0.25) is 0 Å². The molecule has 0 aliphatic heterocycles. The van der Waals surface area contributed by atoms with Crippen molar-refractivity contribution in [2.24, 2.45) is 0 Å². The number of hydrogen-bond acceptors (Lipinski definition) is 2. The molecule has 1 unspecified atom stereocenters. The van der Waals surface area contributed by atoms with Crippen molar-refractivity contribution in [3.05, 3.63) is 0 Å². The van der Waals surface area contributed by atoms with Crippen molar-refractivity contribution in [3.63, 3.8) is 0 Å². The molecule has 0 heterocycles. The molecule has 0 radical (unpaired) electrons. The van der Waals surface area contributed by atoms with Crippen LogP contribution in [-0.2, 0) is 0 Å². The van der Waals surface area contributed by atoms with Gasteiger partial charge >= 0.3 is 0 Å². The summed E-state index contributed by atoms with van der Waals surface area (Å²) in [4.78, 5) is 0. The van der Waals surface area contributed by atoms with Gasteiger partial charge in [-0.3, -0.25) is 0 Å². The normalized spacial score (nSPS) is 13.7. The van der Waals surface area contributed by atoms with Gasteiger partial charge in [0.2, 0.25) is 0 Å². The van der Waals surface area contributed by atoms with Crippen molar-refractivity contribution in [2.75, 3.05) is 12.5 Å². The predicted octanol–water partition coefficient (Wildman–Crippen LogP) is 1.69. The van der Waals surface area contributed by atoms with Gasteiger partial charge < -0.3 is 5.11 Å². The molecule has 0 spiro atoms. The Morgan fingerprint density at radius 1 is 1.44 bits per heavy atom. The van der Waals surface area contributed by atoms with Crippen molar-refractivity contribution in [3.8, 4) is 0 Å². The number of aliphatic hydroxyl groups excluding tert-OH is 1. The highest BCUT2D eigenvalue weighted by molar-refractivity contribution is 7.80. The van der Waals surface area contributed by atoms with Gasteiger partial charge in [-0.25, -0.2) is 0 Å². The van der Waals surface area contributed by atoms with E-state index in [1.54, 1.807) is 0 Å². The third-order valence-corrected chi connectivity index (χ3v) is 1.92. The minimum atomic E-state index is 0.233. The van der Waals surface area contributed by atoms with Gasteiger partial charge in [0.25, 0.3) is 0 Å². The molecule has 1 N–H and O–H groups in total. The predicted molar refractivity (Wildman–Crippen MR) is 44.4 cm³/mol. The molecule has 56 valence electrons. The van der Waals surface area contributed by atoms with Crippen LogP contribution in [0.4, 0.5) is 0 Å². The lowest BCUT2D eigenvalue weighted by Crippen LogP contribution is -2.01. The number of alkyl halides is 1. The van der Waals surface area contributed by atoms with Crippen LogP contribution < -0.4 is 0 Å². The Kier molecular flexibility index (Phi) is 7.16. The summed E-state index contributed by atoms with van der Waals surface area (Å²) in [6.45, 7) is 0.233. The second kappa shape index (κ2) is 6.72. The highest BCUT2D eigenvalue weighted by atomic mass is 35.5. The lowest BCUT2D eigenvalue weighted by molar-refractivity contribution is 0.285. The molecule has 1 nitrogen and oxygen atoms in total. The number of rotatable bonds is 5. The third-order valence-electron chi connectivity index (χ3n) is 1.13. The minimum absolute atomic E-state index is 0.233. The van der Waals surface area contributed by atoms with Crippen LogP contribution in [-0.4, -0.2) is 22.8 Å². The monoisotopic (exact) mass is 168 g/mol. The van der Waals surface area contributed by atoms with E-state index in [1.165, 1.54) is 0 Å². The first-order valence-electron chi connectivity index (χ1n) is 3.16. The molecule has 9 heavy (non-hydrogen) atoms. The first-order valence-corrected chi connectivity index (χ1v) is 4.21. The number of hydrogen-bond donors (Lipinski definition) is 2. The van der Waals surface area contributed by atoms with Crippen LogP contribution in [0, 0.1) is 0 Å². The van der Waals surface area contributed by atoms with Crippen molar-refractivity contribution >= 4 is 24.2 Å². The summed E-state index contributed by atoms with van der Waals surface area (Å²) in [6, 6.07) is 0. The van der Waals surface area contributed by atoms with Crippen molar-refractivity contribution in [1.29, 1.82) is 0 Å². The van der Waals surface area contributed by atoms with Gasteiger partial charge in [0.1, 0.15) is 0 Å². The van der Waals surface area contributed by atoms with Gasteiger partial charge in [-0.05, 0) is 19.3 Å². The van der Waals surface area contributed by atoms with Gasteiger partial charge in [-0.15, -0.1) is 11.6 Å². The van der Waals surface area contributed by atoms with E-state index in [1.807, 2.05) is 0 Å². The maximum Gasteiger partial charge on any atom is 0.0441 e. The molecule has 0 aliphatic carbocycles. The van der Waals surface area contributed by atoms with E-state index in [-0.39, 0.29) is 6.61 Å². The maximum absolute atomic E-state index is 8.45. The first-order chi connectivity index (χ1) is 4.31. The standard InChI is InChI=1S/C6H13ClOS/c7-4-1-2-6(9)3-5-8/h6,8-9H,1-5H2. The smallest absolute Gasteiger partial charge is 0.0441 e. The van der Waals surface area contributed by atoms with Crippen LogP contribution in [0.1, 0.15) is 19.3 Å². The average molecular weight is 169 g/mol. The molecule has 3 heteroatoms. The van der Waals surface area contributed by atoms with E-state index in [9.17, 15) is 0 Å². The third kappa shape index (κ3) is 6.49. The van der Waals surface area contributed by atoms with E-state index in [4.69, 9.17) is 16.7 Å². The molecule has 0 rings (SSSR count). The van der Waals surface area contributed by atoms with Crippen LogP contribution in [0.5, 0.6) is 0 Å². The topological polar surface area (TPSA) is 20.2 Å². The lowest BCUT2D eigenvalue weighted by Gasteiger charge is -2.05. The number of halogens is 1. The summed E-state index contributed by atoms with van der Waals surface area (Å²) in [5.41, 5.74) is 0. The Labute approximate surface area is 66.8 Å². The van der Waals surface area contributed by atoms with Crippen molar-refractivity contribution in [2.45, 2.75) is 24.5 Å². The number of aliphatic hydroxyl groups is 1. The quantitative estimate of drug-likeness (QED) is 0.473. The second-order valence-corrected chi connectivity index (χ2v) is 3.11. The molecule has 0 aromatic heterocycles. The largest absolute Gasteiger partial charge is 0.396 e. The van der Waals surface area contributed by atoms with E-state index >= 15 is 0 Å². The van der Waals surface area contributed by atoms with E-state index in [0.29, 0.717) is 11.1 Å². The second-order valence-electron chi connectivity index (χ2n) is 2.00. The molecule has 0 saturated heterocycles. The highest BCUT2D eigenvalue weighted by Crippen LogP contribution is 2.08. The fourth-order valence-electron chi connectivity index (χ4n) is 0.606. The first kappa shape index (κ1) is 9.60. The van der Waals surface area contributed by atoms with Gasteiger partial charge in [0.05, 0.1) is 0 Å². The Bertz CT molecular complexity index is 61.0. The van der Waals surface area contributed by atoms with Gasteiger partial charge in [0.15, 0.2) is 0 Å². The van der Waals surface area contributed by atoms with Gasteiger partial charge in [-0.2, -0.15) is 12.6 Å². The van der Waals surface area contributed by atoms with Gasteiger partial charge in [0, 0.05) is 17.7 Å². The fourth-order valence-corrected chi connectivity index (χ4v) is 1.06. The molecular formula is C6H13ClOS. The molecule has 0 aromatic rings. The highest BCUT2D eigenvalue weighted by Gasteiger charge is 1.99. The molecular weight excluding hydrogens is 156 g/mol. The minimum Gasteiger partial charge on any atom is -0.396 e. The van der Waals surface area contributed by atoms with Gasteiger partial charge in [-0.1, -0.05) is 0 Å². The molecule has 1 atom stereocenters. The van der Waals surface area contributed by atoms with Crippen LogP contribution >= 0.6 is 24.2 Å². The SMILES string of the molecule is OCCC(S)CCCCl. The van der Waals surface area contributed by atoms with E-state index in [0.717, 1.165) is 19.3 Å². The Hall–Kier alpha value is 0.600. The number of thiol groups is 1. The lowest BCUT2D eigenvalue weighted by atomic mass is 10.2. The molecule has 0 aromatic carbocycles. The Balaban J connectivity index is 2.95. The summed E-state index contributed by atoms with van der Waals surface area (Å²) >= 11 is 9.67. The summed E-state index contributed by atoms with van der Waals surface area (Å²) < 4.78 is 0. The van der Waals surface area contributed by atoms with Crippen LogP contribution in [0.15, 0.2) is 0 Å². The fraction of sp³-hybridized carbons (Fsp3) is 1.00. The van der Waals surface area contributed by atoms with Crippen molar-refractivity contribution in [1.82, 2.24) is 0 Å². The summed E-state index contributed by atoms with van der Waals surface area (Å²) in [5.74, 6) is 0.697.